The summed E-state index contributed by atoms with van der Waals surface area (Å²) < 4.78 is 26.8. The van der Waals surface area contributed by atoms with Crippen LogP contribution in [0.4, 0.5) is 5.95 Å². The average Bonchev–Trinajstić information content (AvgIpc) is 3.11. The second-order valence-corrected chi connectivity index (χ2v) is 9.05. The predicted octanol–water partition coefficient (Wildman–Crippen LogP) is 3.45. The summed E-state index contributed by atoms with van der Waals surface area (Å²) >= 11 is 0. The highest BCUT2D eigenvalue weighted by atomic mass is 32.2. The first kappa shape index (κ1) is 20.3. The molecule has 1 N–H and O–H groups in total. The van der Waals surface area contributed by atoms with Crippen LogP contribution in [0.1, 0.15) is 11.1 Å². The number of carbonyl (C=O) groups is 1. The standard InChI is InChI=1S/C23H18N4O3S/c24-14-17-10-12-18(13-11-17)15-31(29,30)16-22(28)26-23-25-20-8-4-5-9-21(20)27(23)19-6-2-1-3-7-19/h1-13H,15-16H2,(H,25,26,28). The lowest BCUT2D eigenvalue weighted by Crippen LogP contribution is -2.25. The van der Waals surface area contributed by atoms with Crippen LogP contribution in [0.2, 0.25) is 0 Å². The summed E-state index contributed by atoms with van der Waals surface area (Å²) in [5.41, 5.74) is 3.24. The maximum atomic E-state index is 12.6. The zero-order valence-electron chi connectivity index (χ0n) is 16.4. The van der Waals surface area contributed by atoms with Crippen LogP contribution in [0, 0.1) is 11.3 Å². The summed E-state index contributed by atoms with van der Waals surface area (Å²) in [5.74, 6) is -1.38. The number of amides is 1. The molecule has 0 unspecified atom stereocenters. The zero-order chi connectivity index (χ0) is 21.8. The van der Waals surface area contributed by atoms with Gasteiger partial charge in [-0.25, -0.2) is 13.4 Å². The molecule has 1 amide bonds. The Labute approximate surface area is 179 Å². The van der Waals surface area contributed by atoms with Crippen LogP contribution in [0.15, 0.2) is 78.9 Å². The van der Waals surface area contributed by atoms with Gasteiger partial charge in [0.05, 0.1) is 28.4 Å². The van der Waals surface area contributed by atoms with Crippen molar-refractivity contribution >= 4 is 32.7 Å². The predicted molar refractivity (Wildman–Crippen MR) is 118 cm³/mol. The summed E-state index contributed by atoms with van der Waals surface area (Å²) in [6.45, 7) is 0. The fourth-order valence-electron chi connectivity index (χ4n) is 3.29. The van der Waals surface area contributed by atoms with Crippen molar-refractivity contribution in [3.05, 3.63) is 90.0 Å². The molecule has 0 aliphatic heterocycles. The number of imidazole rings is 1. The van der Waals surface area contributed by atoms with Crippen LogP contribution in [0.5, 0.6) is 0 Å². The molecule has 0 fully saturated rings. The molecule has 0 atom stereocenters. The lowest BCUT2D eigenvalue weighted by atomic mass is 10.2. The van der Waals surface area contributed by atoms with E-state index in [4.69, 9.17) is 5.26 Å². The monoisotopic (exact) mass is 430 g/mol. The molecule has 1 heterocycles. The molecule has 31 heavy (non-hydrogen) atoms. The molecule has 0 saturated carbocycles. The highest BCUT2D eigenvalue weighted by Crippen LogP contribution is 2.24. The molecule has 0 aliphatic rings. The Balaban J connectivity index is 1.56. The molecule has 0 saturated heterocycles. The topological polar surface area (TPSA) is 105 Å². The number of para-hydroxylation sites is 3. The minimum absolute atomic E-state index is 0.256. The summed E-state index contributed by atoms with van der Waals surface area (Å²) in [4.78, 5) is 17.1. The normalized spacial score (nSPS) is 11.2. The van der Waals surface area contributed by atoms with Crippen LogP contribution in [0.3, 0.4) is 0 Å². The number of fused-ring (bicyclic) bond motifs is 1. The van der Waals surface area contributed by atoms with Gasteiger partial charge in [0, 0.05) is 5.69 Å². The van der Waals surface area contributed by atoms with Gasteiger partial charge in [-0.05, 0) is 42.0 Å². The van der Waals surface area contributed by atoms with Gasteiger partial charge in [-0.15, -0.1) is 0 Å². The van der Waals surface area contributed by atoms with Gasteiger partial charge in [-0.2, -0.15) is 5.26 Å². The van der Waals surface area contributed by atoms with E-state index in [0.29, 0.717) is 16.6 Å². The molecule has 4 rings (SSSR count). The van der Waals surface area contributed by atoms with E-state index >= 15 is 0 Å². The summed E-state index contributed by atoms with van der Waals surface area (Å²) in [6.07, 6.45) is 0. The van der Waals surface area contributed by atoms with E-state index in [2.05, 4.69) is 10.3 Å². The largest absolute Gasteiger partial charge is 0.295 e. The third-order valence-electron chi connectivity index (χ3n) is 4.65. The fourth-order valence-corrected chi connectivity index (χ4v) is 4.56. The van der Waals surface area contributed by atoms with Crippen molar-refractivity contribution in [2.75, 3.05) is 11.1 Å². The third-order valence-corrected chi connectivity index (χ3v) is 6.12. The van der Waals surface area contributed by atoms with Gasteiger partial charge in [0.25, 0.3) is 0 Å². The first-order valence-electron chi connectivity index (χ1n) is 9.47. The first-order valence-corrected chi connectivity index (χ1v) is 11.3. The van der Waals surface area contributed by atoms with E-state index < -0.39 is 21.5 Å². The first-order chi connectivity index (χ1) is 14.9. The quantitative estimate of drug-likeness (QED) is 0.504. The molecule has 4 aromatic rings. The van der Waals surface area contributed by atoms with Gasteiger partial charge in [0.1, 0.15) is 5.75 Å². The van der Waals surface area contributed by atoms with Gasteiger partial charge < -0.3 is 0 Å². The zero-order valence-corrected chi connectivity index (χ0v) is 17.2. The summed E-state index contributed by atoms with van der Waals surface area (Å²) in [7, 11) is -3.71. The molecule has 3 aromatic carbocycles. The van der Waals surface area contributed by atoms with Crippen molar-refractivity contribution in [3.8, 4) is 11.8 Å². The van der Waals surface area contributed by atoms with Crippen LogP contribution in [-0.4, -0.2) is 29.6 Å². The highest BCUT2D eigenvalue weighted by molar-refractivity contribution is 7.91. The van der Waals surface area contributed by atoms with Crippen molar-refractivity contribution in [2.24, 2.45) is 0 Å². The van der Waals surface area contributed by atoms with Crippen molar-refractivity contribution in [2.45, 2.75) is 5.75 Å². The number of nitriles is 1. The number of nitrogens with one attached hydrogen (secondary N) is 1. The van der Waals surface area contributed by atoms with Crippen molar-refractivity contribution in [1.29, 1.82) is 5.26 Å². The molecular formula is C23H18N4O3S. The number of benzene rings is 3. The number of sulfone groups is 1. The van der Waals surface area contributed by atoms with E-state index in [9.17, 15) is 13.2 Å². The molecule has 0 aliphatic carbocycles. The average molecular weight is 430 g/mol. The third kappa shape index (κ3) is 4.63. The van der Waals surface area contributed by atoms with Gasteiger partial charge in [0.15, 0.2) is 9.84 Å². The van der Waals surface area contributed by atoms with E-state index in [1.165, 1.54) is 0 Å². The Morgan fingerprint density at radius 1 is 0.968 bits per heavy atom. The highest BCUT2D eigenvalue weighted by Gasteiger charge is 2.20. The number of carbonyl (C=O) groups excluding carboxylic acids is 1. The lowest BCUT2D eigenvalue weighted by molar-refractivity contribution is -0.113. The van der Waals surface area contributed by atoms with Crippen LogP contribution < -0.4 is 5.32 Å². The minimum atomic E-state index is -3.71. The van der Waals surface area contributed by atoms with Gasteiger partial charge in [0.2, 0.25) is 11.9 Å². The molecule has 0 bridgehead atoms. The fraction of sp³-hybridized carbons (Fsp3) is 0.0870. The van der Waals surface area contributed by atoms with E-state index in [1.807, 2.05) is 60.7 Å². The second-order valence-electron chi connectivity index (χ2n) is 6.98. The van der Waals surface area contributed by atoms with Gasteiger partial charge >= 0.3 is 0 Å². The Morgan fingerprint density at radius 3 is 2.35 bits per heavy atom. The number of nitrogens with zero attached hydrogens (tertiary/aromatic N) is 3. The number of hydrogen-bond donors (Lipinski definition) is 1. The SMILES string of the molecule is N#Cc1ccc(CS(=O)(=O)CC(=O)Nc2nc3ccccc3n2-c2ccccc2)cc1. The van der Waals surface area contributed by atoms with E-state index in [-0.39, 0.29) is 11.7 Å². The van der Waals surface area contributed by atoms with Crippen LogP contribution in [0.25, 0.3) is 16.7 Å². The molecule has 1 aromatic heterocycles. The number of hydrogen-bond acceptors (Lipinski definition) is 5. The molecule has 0 radical (unpaired) electrons. The van der Waals surface area contributed by atoms with Crippen LogP contribution >= 0.6 is 0 Å². The molecule has 8 heteroatoms. The Kier molecular flexibility index (Phi) is 5.52. The van der Waals surface area contributed by atoms with E-state index in [1.54, 1.807) is 28.8 Å². The number of aromatic nitrogens is 2. The summed E-state index contributed by atoms with van der Waals surface area (Å²) in [6, 6.07) is 25.0. The van der Waals surface area contributed by atoms with E-state index in [0.717, 1.165) is 11.2 Å². The second kappa shape index (κ2) is 8.42. The van der Waals surface area contributed by atoms with Crippen molar-refractivity contribution in [3.63, 3.8) is 0 Å². The Hall–Kier alpha value is -3.96. The van der Waals surface area contributed by atoms with Gasteiger partial charge in [-0.3, -0.25) is 14.7 Å². The smallest absolute Gasteiger partial charge is 0.241 e. The summed E-state index contributed by atoms with van der Waals surface area (Å²) in [5, 5.41) is 11.5. The van der Waals surface area contributed by atoms with Crippen molar-refractivity contribution < 1.29 is 13.2 Å². The molecule has 0 spiro atoms. The minimum Gasteiger partial charge on any atom is -0.295 e. The Morgan fingerprint density at radius 2 is 1.65 bits per heavy atom. The number of rotatable bonds is 6. The van der Waals surface area contributed by atoms with Crippen molar-refractivity contribution in [1.82, 2.24) is 9.55 Å². The molecular weight excluding hydrogens is 412 g/mol. The van der Waals surface area contributed by atoms with Crippen LogP contribution in [-0.2, 0) is 20.4 Å². The lowest BCUT2D eigenvalue weighted by Gasteiger charge is -2.10. The number of anilines is 1. The Bertz CT molecular complexity index is 1390. The van der Waals surface area contributed by atoms with Gasteiger partial charge in [-0.1, -0.05) is 42.5 Å². The molecule has 154 valence electrons. The molecule has 7 nitrogen and oxygen atoms in total. The maximum Gasteiger partial charge on any atom is 0.241 e. The maximum absolute atomic E-state index is 12.6.